The molecule has 0 aliphatic carbocycles. The average molecular weight is 288 g/mol. The molecular formula is C15H22N5O+. The van der Waals surface area contributed by atoms with Crippen molar-refractivity contribution in [2.75, 3.05) is 13.1 Å². The van der Waals surface area contributed by atoms with E-state index < -0.39 is 0 Å². The van der Waals surface area contributed by atoms with Gasteiger partial charge in [-0.3, -0.25) is 5.10 Å². The van der Waals surface area contributed by atoms with Gasteiger partial charge >= 0.3 is 0 Å². The molecule has 2 aliphatic heterocycles. The fraction of sp³-hybridized carbons (Fsp3) is 0.600. The van der Waals surface area contributed by atoms with E-state index in [1.165, 1.54) is 0 Å². The molecule has 0 amide bonds. The van der Waals surface area contributed by atoms with Gasteiger partial charge in [-0.1, -0.05) is 0 Å². The maximum atomic E-state index is 9.60. The predicted octanol–water partition coefficient (Wildman–Crippen LogP) is 0.129. The van der Waals surface area contributed by atoms with Crippen LogP contribution in [0.1, 0.15) is 37.9 Å². The van der Waals surface area contributed by atoms with Gasteiger partial charge in [-0.15, -0.1) is 5.10 Å². The molecule has 112 valence electrons. The number of nitrogens with one attached hydrogen (secondary N) is 2. The minimum atomic E-state index is -0.331. The molecule has 0 unspecified atom stereocenters. The number of fused-ring (bicyclic) bond motifs is 2. The van der Waals surface area contributed by atoms with Crippen LogP contribution in [0.5, 0.6) is 5.88 Å². The van der Waals surface area contributed by atoms with Crippen molar-refractivity contribution >= 4 is 0 Å². The van der Waals surface area contributed by atoms with Crippen LogP contribution in [0, 0.1) is 18.3 Å². The van der Waals surface area contributed by atoms with E-state index in [2.05, 4.69) is 30.1 Å². The highest BCUT2D eigenvalue weighted by Crippen LogP contribution is 2.48. The van der Waals surface area contributed by atoms with Crippen LogP contribution in [0.15, 0.2) is 11.5 Å². The zero-order valence-corrected chi connectivity index (χ0v) is 12.8. The summed E-state index contributed by atoms with van der Waals surface area (Å²) in [6.07, 6.45) is 1.81. The van der Waals surface area contributed by atoms with Gasteiger partial charge in [0.2, 0.25) is 11.8 Å². The average Bonchev–Trinajstić information content (AvgIpc) is 2.81. The predicted molar refractivity (Wildman–Crippen MR) is 77.5 cm³/mol. The van der Waals surface area contributed by atoms with E-state index in [4.69, 9.17) is 10.5 Å². The second kappa shape index (κ2) is 4.78. The number of nitriles is 1. The second-order valence-corrected chi connectivity index (χ2v) is 6.38. The minimum absolute atomic E-state index is 0.212. The number of aromatic amines is 1. The first-order chi connectivity index (χ1) is 9.99. The van der Waals surface area contributed by atoms with E-state index in [9.17, 15) is 5.26 Å². The lowest BCUT2D eigenvalue weighted by molar-refractivity contribution is -0.927. The Kier molecular flexibility index (Phi) is 3.18. The number of allylic oxidation sites excluding steroid dienone is 1. The number of nitrogens with two attached hydrogens (primary N) is 1. The van der Waals surface area contributed by atoms with Crippen LogP contribution < -0.4 is 15.4 Å². The Hall–Kier alpha value is -2.00. The molecule has 1 spiro atoms. The summed E-state index contributed by atoms with van der Waals surface area (Å²) >= 11 is 0. The Morgan fingerprint density at radius 2 is 2.10 bits per heavy atom. The van der Waals surface area contributed by atoms with E-state index in [1.54, 1.807) is 4.90 Å². The fourth-order valence-electron chi connectivity index (χ4n) is 3.80. The third-order valence-electron chi connectivity index (χ3n) is 5.00. The number of nitrogens with zero attached hydrogens (tertiary/aromatic N) is 2. The largest absolute Gasteiger partial charge is 0.420 e. The van der Waals surface area contributed by atoms with Gasteiger partial charge in [0.1, 0.15) is 11.6 Å². The van der Waals surface area contributed by atoms with Gasteiger partial charge in [-0.2, -0.15) is 5.26 Å². The summed E-state index contributed by atoms with van der Waals surface area (Å²) < 4.78 is 5.54. The molecule has 1 aromatic rings. The highest BCUT2D eigenvalue weighted by atomic mass is 16.5. The quantitative estimate of drug-likeness (QED) is 0.685. The Morgan fingerprint density at radius 3 is 2.67 bits per heavy atom. The zero-order valence-electron chi connectivity index (χ0n) is 12.8. The summed E-state index contributed by atoms with van der Waals surface area (Å²) in [4.78, 5) is 1.57. The van der Waals surface area contributed by atoms with Crippen molar-refractivity contribution in [3.8, 4) is 11.9 Å². The number of ether oxygens (including phenoxy) is 1. The number of rotatable bonds is 1. The Bertz CT molecular complexity index is 629. The molecule has 1 fully saturated rings. The third-order valence-corrected chi connectivity index (χ3v) is 5.00. The second-order valence-electron chi connectivity index (χ2n) is 6.38. The SMILES string of the molecule is Cc1[nH]nc2c1C1(CC[NH+](C(C)C)CC1)C(C#N)=C(N)O2. The van der Waals surface area contributed by atoms with Crippen LogP contribution in [-0.4, -0.2) is 29.3 Å². The third kappa shape index (κ3) is 1.92. The van der Waals surface area contributed by atoms with Crippen molar-refractivity contribution in [2.24, 2.45) is 5.73 Å². The van der Waals surface area contributed by atoms with E-state index in [0.717, 1.165) is 37.2 Å². The molecule has 1 saturated heterocycles. The monoisotopic (exact) mass is 288 g/mol. The molecule has 0 saturated carbocycles. The Morgan fingerprint density at radius 1 is 1.43 bits per heavy atom. The molecule has 4 N–H and O–H groups in total. The highest BCUT2D eigenvalue weighted by molar-refractivity contribution is 5.54. The molecule has 3 rings (SSSR count). The van der Waals surface area contributed by atoms with Crippen LogP contribution in [0.4, 0.5) is 0 Å². The van der Waals surface area contributed by atoms with E-state index >= 15 is 0 Å². The van der Waals surface area contributed by atoms with Crippen LogP contribution >= 0.6 is 0 Å². The number of hydrogen-bond acceptors (Lipinski definition) is 4. The summed E-state index contributed by atoms with van der Waals surface area (Å²) in [5, 5.41) is 16.8. The first-order valence-electron chi connectivity index (χ1n) is 7.48. The molecule has 0 aromatic carbocycles. The van der Waals surface area contributed by atoms with Gasteiger partial charge in [0.25, 0.3) is 0 Å². The summed E-state index contributed by atoms with van der Waals surface area (Å²) in [5.74, 6) is 0.751. The number of hydrogen-bond donors (Lipinski definition) is 3. The van der Waals surface area contributed by atoms with Crippen molar-refractivity contribution in [3.63, 3.8) is 0 Å². The first-order valence-corrected chi connectivity index (χ1v) is 7.48. The van der Waals surface area contributed by atoms with Gasteiger partial charge in [0.05, 0.1) is 24.5 Å². The number of aryl methyl sites for hydroxylation is 1. The van der Waals surface area contributed by atoms with Crippen molar-refractivity contribution in [3.05, 3.63) is 22.7 Å². The van der Waals surface area contributed by atoms with Gasteiger partial charge in [-0.05, 0) is 20.8 Å². The van der Waals surface area contributed by atoms with Crippen molar-refractivity contribution in [1.29, 1.82) is 5.26 Å². The normalized spacial score (nSPS) is 28.4. The molecule has 21 heavy (non-hydrogen) atoms. The molecule has 3 heterocycles. The van der Waals surface area contributed by atoms with Crippen LogP contribution in [-0.2, 0) is 5.41 Å². The lowest BCUT2D eigenvalue weighted by atomic mass is 9.67. The van der Waals surface area contributed by atoms with Gasteiger partial charge in [0.15, 0.2) is 0 Å². The van der Waals surface area contributed by atoms with E-state index in [-0.39, 0.29) is 11.3 Å². The number of H-pyrrole nitrogens is 1. The molecule has 0 atom stereocenters. The van der Waals surface area contributed by atoms with Crippen molar-refractivity contribution < 1.29 is 9.64 Å². The summed E-state index contributed by atoms with van der Waals surface area (Å²) in [6.45, 7) is 8.51. The lowest BCUT2D eigenvalue weighted by Gasteiger charge is -2.42. The molecule has 0 radical (unpaired) electrons. The maximum absolute atomic E-state index is 9.60. The lowest BCUT2D eigenvalue weighted by Crippen LogP contribution is -3.16. The molecule has 2 aliphatic rings. The number of piperidine rings is 1. The first kappa shape index (κ1) is 14.0. The molecule has 6 nitrogen and oxygen atoms in total. The van der Waals surface area contributed by atoms with Crippen molar-refractivity contribution in [1.82, 2.24) is 10.2 Å². The number of quaternary nitrogens is 1. The van der Waals surface area contributed by atoms with Gasteiger partial charge in [-0.25, -0.2) is 0 Å². The van der Waals surface area contributed by atoms with Crippen LogP contribution in [0.3, 0.4) is 0 Å². The van der Waals surface area contributed by atoms with E-state index in [0.29, 0.717) is 17.5 Å². The molecule has 6 heteroatoms. The number of aromatic nitrogens is 2. The summed E-state index contributed by atoms with van der Waals surface area (Å²) in [5.41, 5.74) is 8.22. The zero-order chi connectivity index (χ0) is 15.2. The van der Waals surface area contributed by atoms with Gasteiger partial charge in [0, 0.05) is 24.1 Å². The number of likely N-dealkylation sites (tertiary alicyclic amines) is 1. The topological polar surface area (TPSA) is 92.2 Å². The standard InChI is InChI=1S/C15H21N5O/c1-9(2)20-6-4-15(5-7-20)11(8-16)13(17)21-14-12(15)10(3)18-19-14/h9H,4-7,17H2,1-3H3,(H,18,19)/p+1. The van der Waals surface area contributed by atoms with Crippen LogP contribution in [0.25, 0.3) is 0 Å². The fourth-order valence-corrected chi connectivity index (χ4v) is 3.80. The van der Waals surface area contributed by atoms with Gasteiger partial charge < -0.3 is 15.4 Å². The molecule has 1 aromatic heterocycles. The Balaban J connectivity index is 2.07. The molecular weight excluding hydrogens is 266 g/mol. The summed E-state index contributed by atoms with van der Waals surface area (Å²) in [7, 11) is 0. The van der Waals surface area contributed by atoms with Crippen molar-refractivity contribution in [2.45, 2.75) is 45.1 Å². The van der Waals surface area contributed by atoms with E-state index in [1.807, 2.05) is 6.92 Å². The smallest absolute Gasteiger partial charge is 0.244 e. The van der Waals surface area contributed by atoms with Crippen LogP contribution in [0.2, 0.25) is 0 Å². The summed E-state index contributed by atoms with van der Waals surface area (Å²) in [6, 6.07) is 2.89. The maximum Gasteiger partial charge on any atom is 0.244 e. The Labute approximate surface area is 124 Å². The minimum Gasteiger partial charge on any atom is -0.420 e. The highest BCUT2D eigenvalue weighted by Gasteiger charge is 2.50. The molecule has 0 bridgehead atoms.